The number of aryl methyl sites for hydroxylation is 1. The van der Waals surface area contributed by atoms with E-state index < -0.39 is 0 Å². The Morgan fingerprint density at radius 2 is 1.83 bits per heavy atom. The molecule has 0 saturated carbocycles. The van der Waals surface area contributed by atoms with Gasteiger partial charge in [-0.2, -0.15) is 0 Å². The molecule has 0 fully saturated rings. The molecule has 0 bridgehead atoms. The SMILES string of the molecule is CCCCN(Cc1cccn1C)C(=O)CN(C(=O)/C=C/c1ccccc1)C(C)C. The van der Waals surface area contributed by atoms with Gasteiger partial charge < -0.3 is 14.4 Å². The first-order valence-corrected chi connectivity index (χ1v) is 10.3. The van der Waals surface area contributed by atoms with Crippen LogP contribution in [0.25, 0.3) is 6.08 Å². The standard InChI is InChI=1S/C24H33N3O2/c1-5-6-17-26(18-22-13-10-16-25(22)4)24(29)19-27(20(2)3)23(28)15-14-21-11-8-7-9-12-21/h7-16,20H,5-6,17-19H2,1-4H3/b15-14+. The number of carbonyl (C=O) groups excluding carboxylic acids is 2. The van der Waals surface area contributed by atoms with Crippen LogP contribution in [0.3, 0.4) is 0 Å². The molecular formula is C24H33N3O2. The molecule has 0 aliphatic rings. The van der Waals surface area contributed by atoms with E-state index in [0.717, 1.165) is 24.1 Å². The summed E-state index contributed by atoms with van der Waals surface area (Å²) in [5.41, 5.74) is 2.05. The maximum Gasteiger partial charge on any atom is 0.247 e. The molecule has 0 atom stereocenters. The summed E-state index contributed by atoms with van der Waals surface area (Å²) in [6, 6.07) is 13.6. The van der Waals surface area contributed by atoms with E-state index in [1.54, 1.807) is 17.1 Å². The molecule has 1 aromatic heterocycles. The smallest absolute Gasteiger partial charge is 0.247 e. The minimum atomic E-state index is -0.147. The van der Waals surface area contributed by atoms with E-state index >= 15 is 0 Å². The summed E-state index contributed by atoms with van der Waals surface area (Å²) in [5.74, 6) is -0.165. The predicted octanol–water partition coefficient (Wildman–Crippen LogP) is 4.10. The molecule has 0 aliphatic heterocycles. The molecule has 0 radical (unpaired) electrons. The molecule has 0 spiro atoms. The molecule has 1 heterocycles. The molecule has 1 aromatic carbocycles. The van der Waals surface area contributed by atoms with Crippen LogP contribution < -0.4 is 0 Å². The number of unbranched alkanes of at least 4 members (excludes halogenated alkanes) is 1. The lowest BCUT2D eigenvalue weighted by atomic mass is 10.2. The Kier molecular flexibility index (Phi) is 8.71. The van der Waals surface area contributed by atoms with Crippen LogP contribution in [0.15, 0.2) is 54.7 Å². The monoisotopic (exact) mass is 395 g/mol. The summed E-state index contributed by atoms with van der Waals surface area (Å²) in [7, 11) is 1.98. The summed E-state index contributed by atoms with van der Waals surface area (Å²) in [6.07, 6.45) is 7.29. The van der Waals surface area contributed by atoms with E-state index in [1.807, 2.05) is 79.0 Å². The van der Waals surface area contributed by atoms with Crippen molar-refractivity contribution < 1.29 is 9.59 Å². The van der Waals surface area contributed by atoms with Gasteiger partial charge in [-0.1, -0.05) is 43.7 Å². The minimum absolute atomic E-state index is 0.0187. The van der Waals surface area contributed by atoms with Crippen LogP contribution in [0, 0.1) is 0 Å². The van der Waals surface area contributed by atoms with E-state index in [2.05, 4.69) is 6.92 Å². The fraction of sp³-hybridized carbons (Fsp3) is 0.417. The first kappa shape index (κ1) is 22.5. The molecule has 0 unspecified atom stereocenters. The number of aromatic nitrogens is 1. The van der Waals surface area contributed by atoms with E-state index in [4.69, 9.17) is 0 Å². The highest BCUT2D eigenvalue weighted by atomic mass is 16.2. The van der Waals surface area contributed by atoms with Crippen molar-refractivity contribution in [3.63, 3.8) is 0 Å². The Labute approximate surface area is 174 Å². The Morgan fingerprint density at radius 3 is 2.41 bits per heavy atom. The molecule has 2 rings (SSSR count). The van der Waals surface area contributed by atoms with E-state index in [-0.39, 0.29) is 24.4 Å². The van der Waals surface area contributed by atoms with Crippen LogP contribution in [-0.2, 0) is 23.2 Å². The second kappa shape index (κ2) is 11.2. The van der Waals surface area contributed by atoms with Crippen LogP contribution in [0.1, 0.15) is 44.9 Å². The highest BCUT2D eigenvalue weighted by Gasteiger charge is 2.22. The second-order valence-corrected chi connectivity index (χ2v) is 7.58. The van der Waals surface area contributed by atoms with E-state index in [9.17, 15) is 9.59 Å². The first-order chi connectivity index (χ1) is 13.9. The maximum atomic E-state index is 13.1. The quantitative estimate of drug-likeness (QED) is 0.569. The van der Waals surface area contributed by atoms with Gasteiger partial charge in [-0.05, 0) is 44.0 Å². The third-order valence-corrected chi connectivity index (χ3v) is 4.97. The maximum absolute atomic E-state index is 13.1. The topological polar surface area (TPSA) is 45.6 Å². The molecule has 0 saturated heterocycles. The predicted molar refractivity (Wildman–Crippen MR) is 118 cm³/mol. The summed E-state index contributed by atoms with van der Waals surface area (Å²) < 4.78 is 2.03. The summed E-state index contributed by atoms with van der Waals surface area (Å²) >= 11 is 0. The van der Waals surface area contributed by atoms with Crippen molar-refractivity contribution in [1.29, 1.82) is 0 Å². The number of nitrogens with zero attached hydrogens (tertiary/aromatic N) is 3. The zero-order chi connectivity index (χ0) is 21.2. The average Bonchev–Trinajstić information content (AvgIpc) is 3.12. The van der Waals surface area contributed by atoms with Crippen LogP contribution in [0.4, 0.5) is 0 Å². The highest BCUT2D eigenvalue weighted by Crippen LogP contribution is 2.10. The number of hydrogen-bond acceptors (Lipinski definition) is 2. The van der Waals surface area contributed by atoms with Crippen molar-refractivity contribution in [2.45, 2.75) is 46.2 Å². The van der Waals surface area contributed by atoms with E-state index in [1.165, 1.54) is 0 Å². The zero-order valence-electron chi connectivity index (χ0n) is 18.0. The Morgan fingerprint density at radius 1 is 1.10 bits per heavy atom. The normalized spacial score (nSPS) is 11.2. The molecule has 5 heteroatoms. The van der Waals surface area contributed by atoms with Gasteiger partial charge in [0, 0.05) is 37.6 Å². The number of carbonyl (C=O) groups is 2. The van der Waals surface area contributed by atoms with Crippen molar-refractivity contribution in [3.05, 3.63) is 66.0 Å². The summed E-state index contributed by atoms with van der Waals surface area (Å²) in [5, 5.41) is 0. The van der Waals surface area contributed by atoms with Crippen LogP contribution in [-0.4, -0.2) is 45.3 Å². The van der Waals surface area contributed by atoms with Gasteiger partial charge >= 0.3 is 0 Å². The number of rotatable bonds is 10. The van der Waals surface area contributed by atoms with Crippen molar-refractivity contribution in [3.8, 4) is 0 Å². The molecule has 2 aromatic rings. The fourth-order valence-electron chi connectivity index (χ4n) is 3.09. The van der Waals surface area contributed by atoms with Gasteiger partial charge in [0.05, 0.1) is 6.54 Å². The van der Waals surface area contributed by atoms with E-state index in [0.29, 0.717) is 13.1 Å². The molecule has 2 amide bonds. The number of hydrogen-bond donors (Lipinski definition) is 0. The third kappa shape index (κ3) is 6.93. The third-order valence-electron chi connectivity index (χ3n) is 4.97. The minimum Gasteiger partial charge on any atom is -0.353 e. The Balaban J connectivity index is 2.09. The van der Waals surface area contributed by atoms with Crippen molar-refractivity contribution in [2.24, 2.45) is 7.05 Å². The molecule has 0 aliphatic carbocycles. The second-order valence-electron chi connectivity index (χ2n) is 7.58. The average molecular weight is 396 g/mol. The lowest BCUT2D eigenvalue weighted by molar-refractivity contribution is -0.140. The van der Waals surface area contributed by atoms with Crippen LogP contribution >= 0.6 is 0 Å². The molecule has 156 valence electrons. The van der Waals surface area contributed by atoms with Gasteiger partial charge in [0.2, 0.25) is 11.8 Å². The molecule has 0 N–H and O–H groups in total. The largest absolute Gasteiger partial charge is 0.353 e. The first-order valence-electron chi connectivity index (χ1n) is 10.3. The summed E-state index contributed by atoms with van der Waals surface area (Å²) in [4.78, 5) is 29.3. The molecule has 29 heavy (non-hydrogen) atoms. The van der Waals surface area contributed by atoms with Crippen LogP contribution in [0.5, 0.6) is 0 Å². The Bertz CT molecular complexity index is 809. The lowest BCUT2D eigenvalue weighted by Crippen LogP contribution is -2.45. The van der Waals surface area contributed by atoms with Gasteiger partial charge in [-0.15, -0.1) is 0 Å². The summed E-state index contributed by atoms with van der Waals surface area (Å²) in [6.45, 7) is 7.33. The van der Waals surface area contributed by atoms with Crippen molar-refractivity contribution in [2.75, 3.05) is 13.1 Å². The van der Waals surface area contributed by atoms with Crippen LogP contribution in [0.2, 0.25) is 0 Å². The molecular weight excluding hydrogens is 362 g/mol. The van der Waals surface area contributed by atoms with Gasteiger partial charge in [0.1, 0.15) is 6.54 Å². The Hall–Kier alpha value is -2.82. The van der Waals surface area contributed by atoms with Gasteiger partial charge in [-0.25, -0.2) is 0 Å². The van der Waals surface area contributed by atoms with Gasteiger partial charge in [-0.3, -0.25) is 9.59 Å². The fourth-order valence-corrected chi connectivity index (χ4v) is 3.09. The number of benzene rings is 1. The van der Waals surface area contributed by atoms with Crippen molar-refractivity contribution in [1.82, 2.24) is 14.4 Å². The number of amides is 2. The highest BCUT2D eigenvalue weighted by molar-refractivity contribution is 5.94. The van der Waals surface area contributed by atoms with Gasteiger partial charge in [0.15, 0.2) is 0 Å². The van der Waals surface area contributed by atoms with Crippen molar-refractivity contribution >= 4 is 17.9 Å². The molecule has 5 nitrogen and oxygen atoms in total. The zero-order valence-corrected chi connectivity index (χ0v) is 18.0. The van der Waals surface area contributed by atoms with Gasteiger partial charge in [0.25, 0.3) is 0 Å². The lowest BCUT2D eigenvalue weighted by Gasteiger charge is -2.29.